The van der Waals surface area contributed by atoms with Crippen molar-refractivity contribution in [2.45, 2.75) is 19.4 Å². The first-order chi connectivity index (χ1) is 10.3. The van der Waals surface area contributed by atoms with E-state index in [2.05, 4.69) is 52.5 Å². The number of nitrogens with zero attached hydrogens (tertiary/aromatic N) is 2. The number of nitrogens with one attached hydrogen (secondary N) is 1. The Morgan fingerprint density at radius 3 is 2.76 bits per heavy atom. The predicted octanol–water partition coefficient (Wildman–Crippen LogP) is 3.44. The van der Waals surface area contributed by atoms with Gasteiger partial charge in [0.2, 0.25) is 0 Å². The van der Waals surface area contributed by atoms with Gasteiger partial charge in [-0.1, -0.05) is 18.2 Å². The van der Waals surface area contributed by atoms with Gasteiger partial charge in [-0.15, -0.1) is 0 Å². The van der Waals surface area contributed by atoms with Crippen LogP contribution in [-0.4, -0.2) is 17.0 Å². The molecule has 0 aliphatic heterocycles. The summed E-state index contributed by atoms with van der Waals surface area (Å²) in [6.07, 6.45) is 6.61. The van der Waals surface area contributed by atoms with E-state index in [1.54, 1.807) is 0 Å². The van der Waals surface area contributed by atoms with Gasteiger partial charge < -0.3 is 5.32 Å². The van der Waals surface area contributed by atoms with Gasteiger partial charge in [0.05, 0.1) is 5.52 Å². The predicted molar refractivity (Wildman–Crippen MR) is 86.2 cm³/mol. The van der Waals surface area contributed by atoms with Gasteiger partial charge in [0.15, 0.2) is 0 Å². The number of likely N-dealkylation sites (N-methyl/N-ethyl adjacent to an activating group) is 1. The molecule has 0 saturated carbocycles. The molecule has 106 valence electrons. The van der Waals surface area contributed by atoms with E-state index in [1.807, 2.05) is 31.7 Å². The lowest BCUT2D eigenvalue weighted by atomic mass is 9.95. The highest BCUT2D eigenvalue weighted by atomic mass is 14.9. The summed E-state index contributed by atoms with van der Waals surface area (Å²) in [5, 5.41) is 4.65. The zero-order chi connectivity index (χ0) is 14.7. The molecule has 1 atom stereocenters. The van der Waals surface area contributed by atoms with Gasteiger partial charge >= 0.3 is 0 Å². The van der Waals surface area contributed by atoms with E-state index in [4.69, 9.17) is 0 Å². The smallest absolute Gasteiger partial charge is 0.0704 e. The van der Waals surface area contributed by atoms with E-state index >= 15 is 0 Å². The molecule has 1 aromatic carbocycles. The van der Waals surface area contributed by atoms with Crippen molar-refractivity contribution in [1.29, 1.82) is 0 Å². The summed E-state index contributed by atoms with van der Waals surface area (Å²) < 4.78 is 0. The second kappa shape index (κ2) is 6.02. The Bertz CT molecular complexity index is 747. The van der Waals surface area contributed by atoms with Crippen molar-refractivity contribution in [3.63, 3.8) is 0 Å². The third-order valence-corrected chi connectivity index (χ3v) is 3.95. The molecule has 1 N–H and O–H groups in total. The molecule has 3 heteroatoms. The van der Waals surface area contributed by atoms with Crippen LogP contribution < -0.4 is 5.32 Å². The van der Waals surface area contributed by atoms with E-state index < -0.39 is 0 Å². The molecule has 0 bridgehead atoms. The number of para-hydroxylation sites is 1. The normalized spacial score (nSPS) is 12.5. The van der Waals surface area contributed by atoms with Gasteiger partial charge in [-0.2, -0.15) is 0 Å². The molecule has 0 amide bonds. The number of benzene rings is 1. The molecule has 0 radical (unpaired) electrons. The Hall–Kier alpha value is -2.26. The maximum absolute atomic E-state index is 4.43. The highest BCUT2D eigenvalue weighted by Gasteiger charge is 2.14. The lowest BCUT2D eigenvalue weighted by molar-refractivity contribution is 0.590. The van der Waals surface area contributed by atoms with Gasteiger partial charge in [-0.05, 0) is 55.3 Å². The zero-order valence-corrected chi connectivity index (χ0v) is 12.4. The first kappa shape index (κ1) is 13.7. The van der Waals surface area contributed by atoms with Crippen LogP contribution in [0.1, 0.15) is 22.7 Å². The van der Waals surface area contributed by atoms with E-state index in [0.29, 0.717) is 0 Å². The molecular weight excluding hydrogens is 258 g/mol. The number of aromatic nitrogens is 2. The van der Waals surface area contributed by atoms with Crippen LogP contribution in [0.5, 0.6) is 0 Å². The fourth-order valence-corrected chi connectivity index (χ4v) is 2.80. The van der Waals surface area contributed by atoms with E-state index in [0.717, 1.165) is 11.9 Å². The summed E-state index contributed by atoms with van der Waals surface area (Å²) in [6.45, 7) is 2.11. The monoisotopic (exact) mass is 277 g/mol. The Morgan fingerprint density at radius 2 is 1.95 bits per heavy atom. The summed E-state index contributed by atoms with van der Waals surface area (Å²) in [4.78, 5) is 8.62. The Labute approximate surface area is 125 Å². The van der Waals surface area contributed by atoms with Gasteiger partial charge in [0.1, 0.15) is 0 Å². The highest BCUT2D eigenvalue weighted by molar-refractivity contribution is 5.81. The molecule has 0 saturated heterocycles. The molecule has 3 rings (SSSR count). The molecule has 0 aliphatic carbocycles. The summed E-state index contributed by atoms with van der Waals surface area (Å²) >= 11 is 0. The van der Waals surface area contributed by atoms with Crippen LogP contribution >= 0.6 is 0 Å². The fourth-order valence-electron chi connectivity index (χ4n) is 2.80. The number of hydrogen-bond acceptors (Lipinski definition) is 3. The minimum atomic E-state index is 0.277. The van der Waals surface area contributed by atoms with Crippen molar-refractivity contribution < 1.29 is 0 Å². The first-order valence-corrected chi connectivity index (χ1v) is 7.20. The third kappa shape index (κ3) is 2.78. The number of hydrogen-bond donors (Lipinski definition) is 1. The summed E-state index contributed by atoms with van der Waals surface area (Å²) in [7, 11) is 2.01. The topological polar surface area (TPSA) is 37.8 Å². The molecule has 3 aromatic rings. The van der Waals surface area contributed by atoms with Crippen molar-refractivity contribution in [3.05, 3.63) is 71.7 Å². The lowest BCUT2D eigenvalue weighted by Crippen LogP contribution is -2.20. The SMILES string of the molecule is CNC(Cc1ccnc2ccccc12)c1ccncc1C. The molecule has 1 unspecified atom stereocenters. The van der Waals surface area contributed by atoms with Crippen LogP contribution in [-0.2, 0) is 6.42 Å². The van der Waals surface area contributed by atoms with E-state index in [-0.39, 0.29) is 6.04 Å². The van der Waals surface area contributed by atoms with Crippen LogP contribution in [0.15, 0.2) is 55.0 Å². The molecule has 3 nitrogen and oxygen atoms in total. The molecule has 0 fully saturated rings. The van der Waals surface area contributed by atoms with Gasteiger partial charge in [0.25, 0.3) is 0 Å². The van der Waals surface area contributed by atoms with Gasteiger partial charge in [-0.3, -0.25) is 9.97 Å². The Balaban J connectivity index is 1.98. The highest BCUT2D eigenvalue weighted by Crippen LogP contribution is 2.24. The maximum atomic E-state index is 4.43. The number of pyridine rings is 2. The van der Waals surface area contributed by atoms with Crippen LogP contribution in [0, 0.1) is 6.92 Å². The number of rotatable bonds is 4. The minimum absolute atomic E-state index is 0.277. The van der Waals surface area contributed by atoms with Crippen LogP contribution in [0.3, 0.4) is 0 Å². The zero-order valence-electron chi connectivity index (χ0n) is 12.4. The molecular formula is C18H19N3. The molecule has 21 heavy (non-hydrogen) atoms. The summed E-state index contributed by atoms with van der Waals surface area (Å²) in [5.74, 6) is 0. The molecule has 2 aromatic heterocycles. The average Bonchev–Trinajstić information content (AvgIpc) is 2.53. The number of aryl methyl sites for hydroxylation is 1. The largest absolute Gasteiger partial charge is 0.313 e. The Morgan fingerprint density at radius 1 is 1.10 bits per heavy atom. The number of fused-ring (bicyclic) bond motifs is 1. The third-order valence-electron chi connectivity index (χ3n) is 3.95. The van der Waals surface area contributed by atoms with Gasteiger partial charge in [-0.25, -0.2) is 0 Å². The van der Waals surface area contributed by atoms with Crippen molar-refractivity contribution in [3.8, 4) is 0 Å². The van der Waals surface area contributed by atoms with Crippen molar-refractivity contribution in [1.82, 2.24) is 15.3 Å². The molecule has 0 spiro atoms. The van der Waals surface area contributed by atoms with E-state index in [9.17, 15) is 0 Å². The Kier molecular flexibility index (Phi) is 3.93. The molecule has 0 aliphatic rings. The first-order valence-electron chi connectivity index (χ1n) is 7.20. The quantitative estimate of drug-likeness (QED) is 0.794. The van der Waals surface area contributed by atoms with Gasteiger partial charge in [0, 0.05) is 30.0 Å². The maximum Gasteiger partial charge on any atom is 0.0704 e. The average molecular weight is 277 g/mol. The van der Waals surface area contributed by atoms with E-state index in [1.165, 1.54) is 22.1 Å². The lowest BCUT2D eigenvalue weighted by Gasteiger charge is -2.19. The summed E-state index contributed by atoms with van der Waals surface area (Å²) in [6, 6.07) is 12.8. The fraction of sp³-hybridized carbons (Fsp3) is 0.222. The standard InChI is InChI=1S/C18H19N3/c1-13-12-20-9-8-15(13)18(19-2)11-14-7-10-21-17-6-4-3-5-16(14)17/h3-10,12,18-19H,11H2,1-2H3. The van der Waals surface area contributed by atoms with Crippen LogP contribution in [0.2, 0.25) is 0 Å². The van der Waals surface area contributed by atoms with Crippen LogP contribution in [0.4, 0.5) is 0 Å². The van der Waals surface area contributed by atoms with Crippen molar-refractivity contribution >= 4 is 10.9 Å². The second-order valence-electron chi connectivity index (χ2n) is 5.26. The second-order valence-corrected chi connectivity index (χ2v) is 5.26. The van der Waals surface area contributed by atoms with Crippen LogP contribution in [0.25, 0.3) is 10.9 Å². The molecule has 2 heterocycles. The van der Waals surface area contributed by atoms with Crippen molar-refractivity contribution in [2.24, 2.45) is 0 Å². The summed E-state index contributed by atoms with van der Waals surface area (Å²) in [5.41, 5.74) is 4.89. The van der Waals surface area contributed by atoms with Crippen molar-refractivity contribution in [2.75, 3.05) is 7.05 Å². The minimum Gasteiger partial charge on any atom is -0.313 e.